The summed E-state index contributed by atoms with van der Waals surface area (Å²) in [5.74, 6) is -0.454. The number of aromatic amines is 3. The van der Waals surface area contributed by atoms with E-state index in [-0.39, 0.29) is 99.7 Å². The molecule has 0 spiro atoms. The number of carbonyl (C=O) groups is 3. The smallest absolute Gasteiger partial charge is 0.550 e. The first kappa shape index (κ1) is 89.6. The van der Waals surface area contributed by atoms with E-state index in [1.54, 1.807) is 83.1 Å². The topological polar surface area (TPSA) is 281 Å². The van der Waals surface area contributed by atoms with Crippen LogP contribution in [0.25, 0.3) is 33.1 Å². The fourth-order valence-corrected chi connectivity index (χ4v) is 8.79. The van der Waals surface area contributed by atoms with Gasteiger partial charge < -0.3 is 66.2 Å². The number of imidazole rings is 3. The molecule has 10 N–H and O–H groups in total. The molecule has 6 aromatic carbocycles. The number of hydrogen-bond donors (Lipinski definition) is 9. The van der Waals surface area contributed by atoms with Crippen LogP contribution in [0.3, 0.4) is 0 Å². The standard InChI is InChI=1S/C20H21ClFN3O.C19H21ClFN3O.C14H12ClFN4.C6H11BrO2.C4H8O.C2H4O2.C2H6O.3CH4.Na/c1-12(26)20(2,3)10-13-4-7-17-18(8-13)25-19(24-17)23-11-14-5-6-15(21)9-16(14)22;1-19(2,11-25)9-12-3-6-16-17(7-12)24-18(23-16)22-10-13-4-5-14(20)8-15(13)21;15-9-2-1-8(11(16)5-9)7-18-14-19-12-4-3-10(17)6-13(12)20-14;1-4-9-5(8)6(2,3)7;1-2-4-5-3-1;1-2(3)4;1-2-3;;;;/h4-9H,10-11H2,1-3H3,(H2,23,24,25);3-8,25H,9-11H2,1-2H3,(H2,22,23,24);1-6H,7,17H2,(H2,18,19,20);4H2,1-3H3;1-4H2;1H3,(H,3,4);3H,2H2,1H3;3*1H4;/q;;;;;;;;;;+1/p-1. The summed E-state index contributed by atoms with van der Waals surface area (Å²) < 4.78 is 50.4. The van der Waals surface area contributed by atoms with Gasteiger partial charge in [0, 0.05) is 94.9 Å². The molecular formula is C70H94BrCl3F3N10NaO8. The largest absolute Gasteiger partial charge is 1.00 e. The summed E-state index contributed by atoms with van der Waals surface area (Å²) in [6.45, 7) is 21.3. The van der Waals surface area contributed by atoms with Crippen LogP contribution in [-0.4, -0.2) is 95.2 Å². The number of hydrogen-bond acceptors (Lipinski definition) is 15. The van der Waals surface area contributed by atoms with Crippen LogP contribution < -0.4 is 56.3 Å². The molecule has 3 aromatic heterocycles. The molecule has 4 heterocycles. The number of rotatable bonds is 17. The van der Waals surface area contributed by atoms with Crippen molar-refractivity contribution in [3.05, 3.63) is 170 Å². The number of aliphatic hydroxyl groups is 2. The van der Waals surface area contributed by atoms with Gasteiger partial charge in [-0.05, 0) is 163 Å². The predicted molar refractivity (Wildman–Crippen MR) is 385 cm³/mol. The second-order valence-electron chi connectivity index (χ2n) is 22.9. The van der Waals surface area contributed by atoms with E-state index in [4.69, 9.17) is 65.0 Å². The third-order valence-electron chi connectivity index (χ3n) is 13.3. The summed E-state index contributed by atoms with van der Waals surface area (Å²) in [6.07, 6.45) is 3.99. The molecular weight excluding hydrogens is 1380 g/mol. The molecule has 1 saturated heterocycles. The summed E-state index contributed by atoms with van der Waals surface area (Å²) in [7, 11) is 0. The number of nitrogens with one attached hydrogen (secondary N) is 6. The van der Waals surface area contributed by atoms with Crippen LogP contribution in [0, 0.1) is 28.3 Å². The van der Waals surface area contributed by atoms with Gasteiger partial charge in [0.25, 0.3) is 0 Å². The Labute approximate surface area is 608 Å². The van der Waals surface area contributed by atoms with Crippen LogP contribution in [0.2, 0.25) is 15.1 Å². The van der Waals surface area contributed by atoms with Gasteiger partial charge in [-0.2, -0.15) is 0 Å². The Morgan fingerprint density at radius 1 is 0.615 bits per heavy atom. The molecule has 0 bridgehead atoms. The summed E-state index contributed by atoms with van der Waals surface area (Å²) in [5, 5.41) is 36.2. The summed E-state index contributed by atoms with van der Waals surface area (Å²) >= 11 is 20.4. The number of anilines is 4. The van der Waals surface area contributed by atoms with Crippen molar-refractivity contribution >= 4 is 125 Å². The van der Waals surface area contributed by atoms with Gasteiger partial charge in [-0.1, -0.05) is 131 Å². The first-order valence-corrected chi connectivity index (χ1v) is 31.4. The minimum atomic E-state index is -1.08. The van der Waals surface area contributed by atoms with E-state index < -0.39 is 15.7 Å². The number of alkyl halides is 1. The van der Waals surface area contributed by atoms with E-state index in [1.165, 1.54) is 31.0 Å². The van der Waals surface area contributed by atoms with E-state index in [0.717, 1.165) is 70.8 Å². The van der Waals surface area contributed by atoms with Crippen LogP contribution in [-0.2, 0) is 56.3 Å². The Morgan fingerprint density at radius 2 is 0.958 bits per heavy atom. The number of nitrogens with two attached hydrogens (primary N) is 1. The molecule has 96 heavy (non-hydrogen) atoms. The molecule has 0 amide bonds. The minimum absolute atomic E-state index is 0. The molecule has 0 unspecified atom stereocenters. The number of ketones is 1. The third kappa shape index (κ3) is 31.8. The summed E-state index contributed by atoms with van der Waals surface area (Å²) in [5.41, 5.74) is 14.6. The zero-order chi connectivity index (χ0) is 68.3. The van der Waals surface area contributed by atoms with Crippen molar-refractivity contribution in [3.63, 3.8) is 0 Å². The first-order valence-electron chi connectivity index (χ1n) is 29.5. The van der Waals surface area contributed by atoms with Crippen molar-refractivity contribution in [2.75, 3.05) is 54.7 Å². The van der Waals surface area contributed by atoms with Gasteiger partial charge in [0.05, 0.1) is 39.7 Å². The van der Waals surface area contributed by atoms with E-state index in [1.807, 2.05) is 70.2 Å². The summed E-state index contributed by atoms with van der Waals surface area (Å²) in [4.78, 5) is 54.2. The number of fused-ring (bicyclic) bond motifs is 3. The van der Waals surface area contributed by atoms with Crippen LogP contribution in [0.4, 0.5) is 36.7 Å². The van der Waals surface area contributed by atoms with Crippen molar-refractivity contribution in [3.8, 4) is 0 Å². The van der Waals surface area contributed by atoms with E-state index in [9.17, 15) is 27.9 Å². The Morgan fingerprint density at radius 3 is 1.25 bits per heavy atom. The van der Waals surface area contributed by atoms with Crippen molar-refractivity contribution in [2.24, 2.45) is 10.8 Å². The maximum Gasteiger partial charge on any atom is 1.00 e. The van der Waals surface area contributed by atoms with E-state index >= 15 is 0 Å². The maximum atomic E-state index is 13.9. The molecule has 1 aliphatic rings. The maximum absolute atomic E-state index is 13.9. The van der Waals surface area contributed by atoms with Gasteiger partial charge in [-0.3, -0.25) is 9.59 Å². The number of nitrogen functional groups attached to an aromatic ring is 1. The zero-order valence-corrected chi connectivity index (χ0v) is 60.1. The minimum Gasteiger partial charge on any atom is -0.550 e. The number of ether oxygens (including phenoxy) is 2. The fourth-order valence-electron chi connectivity index (χ4n) is 8.20. The van der Waals surface area contributed by atoms with Crippen molar-refractivity contribution < 1.29 is 81.9 Å². The van der Waals surface area contributed by atoms with Crippen LogP contribution >= 0.6 is 50.7 Å². The molecule has 522 valence electrons. The number of aliphatic carboxylic acids is 1. The molecule has 0 saturated carbocycles. The second kappa shape index (κ2) is 43.8. The molecule has 18 nitrogen and oxygen atoms in total. The number of Topliss-reactive ketones (excluding diaryl/α,β-unsaturated/α-hetero) is 1. The van der Waals surface area contributed by atoms with Gasteiger partial charge in [-0.15, -0.1) is 0 Å². The van der Waals surface area contributed by atoms with E-state index in [2.05, 4.69) is 61.8 Å². The Kier molecular flexibility index (Phi) is 40.8. The normalized spacial score (nSPS) is 11.3. The fraction of sp³-hybridized carbons (Fsp3) is 0.400. The molecule has 26 heteroatoms. The number of carbonyl (C=O) groups excluding carboxylic acids is 3. The molecule has 0 atom stereocenters. The SMILES string of the molecule is C.C.C.C1CCOC1.CC(=O)C(C)(C)Cc1ccc2nc(NCc3ccc(Cl)cc3F)[nH]c2c1.CC(=O)[O-].CC(C)(CO)Cc1ccc2nc(NCc3ccc(Cl)cc3F)[nH]c2c1.CCO.CCOC(=O)C(C)(C)Br.Nc1ccc2nc(NCc3ccc(Cl)cc3F)[nH]c2c1.[Na+]. The number of carboxylic acid groups (broad SMARTS) is 1. The number of H-pyrrole nitrogens is 3. The van der Waals surface area contributed by atoms with Crippen molar-refractivity contribution in [2.45, 2.75) is 141 Å². The van der Waals surface area contributed by atoms with Gasteiger partial charge in [0.1, 0.15) is 27.6 Å². The Hall–Kier alpha value is -6.44. The van der Waals surface area contributed by atoms with Gasteiger partial charge in [-0.25, -0.2) is 28.1 Å². The third-order valence-corrected chi connectivity index (χ3v) is 14.3. The number of halogens is 7. The number of aromatic nitrogens is 6. The van der Waals surface area contributed by atoms with Gasteiger partial charge in [0.15, 0.2) is 0 Å². The Bertz CT molecular complexity index is 3820. The Balaban J connectivity index is 0.00000121. The number of nitrogens with zero attached hydrogens (tertiary/aromatic N) is 3. The second-order valence-corrected chi connectivity index (χ2v) is 26.2. The van der Waals surface area contributed by atoms with Crippen LogP contribution in [0.5, 0.6) is 0 Å². The van der Waals surface area contributed by atoms with E-state index in [0.29, 0.717) is 88.0 Å². The number of esters is 1. The summed E-state index contributed by atoms with van der Waals surface area (Å²) in [6, 6.07) is 31.1. The molecule has 0 aliphatic carbocycles. The zero-order valence-electron chi connectivity index (χ0n) is 54.3. The van der Waals surface area contributed by atoms with Gasteiger partial charge in [0.2, 0.25) is 17.8 Å². The van der Waals surface area contributed by atoms with Crippen LogP contribution in [0.15, 0.2) is 109 Å². The molecule has 1 fully saturated rings. The number of carboxylic acids is 1. The van der Waals surface area contributed by atoms with Crippen molar-refractivity contribution in [1.29, 1.82) is 0 Å². The predicted octanol–water partition coefficient (Wildman–Crippen LogP) is 13.4. The quantitative estimate of drug-likeness (QED) is 0.0177. The van der Waals surface area contributed by atoms with Gasteiger partial charge >= 0.3 is 35.5 Å². The van der Waals surface area contributed by atoms with Crippen LogP contribution in [0.1, 0.15) is 132 Å². The average molecular weight is 1470 g/mol. The molecule has 9 aromatic rings. The molecule has 0 radical (unpaired) electrons. The molecule has 10 rings (SSSR count). The number of benzene rings is 6. The monoisotopic (exact) mass is 1470 g/mol. The number of aliphatic hydroxyl groups excluding tert-OH is 2. The first-order chi connectivity index (χ1) is 43.3. The average Bonchev–Trinajstić information content (AvgIpc) is 1.69. The van der Waals surface area contributed by atoms with Crippen molar-refractivity contribution in [1.82, 2.24) is 29.9 Å². The molecule has 1 aliphatic heterocycles.